The molecule has 0 aliphatic heterocycles. The number of aliphatic hydroxyl groups is 1. The molecular formula is C11H7F2NO2. The van der Waals surface area contributed by atoms with E-state index in [1.165, 1.54) is 6.07 Å². The van der Waals surface area contributed by atoms with Crippen molar-refractivity contribution in [1.82, 2.24) is 0 Å². The van der Waals surface area contributed by atoms with E-state index in [0.717, 1.165) is 19.1 Å². The highest BCUT2D eigenvalue weighted by atomic mass is 19.2. The predicted molar refractivity (Wildman–Crippen MR) is 52.2 cm³/mol. The molecule has 0 aliphatic rings. The van der Waals surface area contributed by atoms with Gasteiger partial charge in [-0.25, -0.2) is 8.78 Å². The highest BCUT2D eigenvalue weighted by Gasteiger charge is 2.13. The lowest BCUT2D eigenvalue weighted by molar-refractivity contribution is -0.113. The quantitative estimate of drug-likeness (QED) is 0.475. The highest BCUT2D eigenvalue weighted by molar-refractivity contribution is 6.03. The molecule has 0 heterocycles. The molecule has 0 bridgehead atoms. The Kier molecular flexibility index (Phi) is 3.36. The van der Waals surface area contributed by atoms with Crippen molar-refractivity contribution in [2.24, 2.45) is 0 Å². The topological polar surface area (TPSA) is 61.1 Å². The molecule has 1 aromatic rings. The van der Waals surface area contributed by atoms with Crippen LogP contribution in [-0.2, 0) is 4.79 Å². The summed E-state index contributed by atoms with van der Waals surface area (Å²) in [7, 11) is 0. The number of halogens is 2. The summed E-state index contributed by atoms with van der Waals surface area (Å²) in [6, 6.07) is 4.09. The summed E-state index contributed by atoms with van der Waals surface area (Å²) in [5, 5.41) is 18.1. The summed E-state index contributed by atoms with van der Waals surface area (Å²) in [4.78, 5) is 10.9. The zero-order chi connectivity index (χ0) is 12.3. The molecule has 0 atom stereocenters. The lowest BCUT2D eigenvalue weighted by atomic mass is 10.1. The summed E-state index contributed by atoms with van der Waals surface area (Å²) in [5.41, 5.74) is -0.614. The number of allylic oxidation sites excluding steroid dienone is 1. The van der Waals surface area contributed by atoms with E-state index >= 15 is 0 Å². The zero-order valence-electron chi connectivity index (χ0n) is 8.29. The molecular weight excluding hydrogens is 216 g/mol. The van der Waals surface area contributed by atoms with Crippen LogP contribution in [0.5, 0.6) is 0 Å². The van der Waals surface area contributed by atoms with Crippen LogP contribution in [0.15, 0.2) is 23.8 Å². The van der Waals surface area contributed by atoms with Gasteiger partial charge in [0.1, 0.15) is 17.4 Å². The molecule has 0 unspecified atom stereocenters. The second kappa shape index (κ2) is 4.53. The molecule has 0 fully saturated rings. The van der Waals surface area contributed by atoms with Crippen LogP contribution < -0.4 is 0 Å². The standard InChI is InChI=1S/C11H7F2NO2/c1-6(15)8(5-14)11(16)7-2-3-9(12)10(13)4-7/h2-4,16H,1H3/b11-8-. The normalized spacial score (nSPS) is 11.6. The minimum atomic E-state index is -1.16. The Bertz CT molecular complexity index is 515. The molecule has 1 rings (SSSR count). The van der Waals surface area contributed by atoms with Crippen molar-refractivity contribution in [2.45, 2.75) is 6.92 Å². The summed E-state index contributed by atoms with van der Waals surface area (Å²) < 4.78 is 25.4. The fraction of sp³-hybridized carbons (Fsp3) is 0.0909. The Labute approximate surface area is 90.2 Å². The van der Waals surface area contributed by atoms with Crippen LogP contribution in [0.1, 0.15) is 12.5 Å². The molecule has 1 N–H and O–H groups in total. The molecule has 5 heteroatoms. The number of hydrogen-bond donors (Lipinski definition) is 1. The van der Waals surface area contributed by atoms with E-state index in [9.17, 15) is 18.7 Å². The number of rotatable bonds is 2. The monoisotopic (exact) mass is 223 g/mol. The van der Waals surface area contributed by atoms with Gasteiger partial charge in [-0.2, -0.15) is 5.26 Å². The second-order valence-corrected chi connectivity index (χ2v) is 3.02. The zero-order valence-corrected chi connectivity index (χ0v) is 8.29. The van der Waals surface area contributed by atoms with Crippen molar-refractivity contribution in [3.05, 3.63) is 41.0 Å². The number of carbonyl (C=O) groups excluding carboxylic acids is 1. The smallest absolute Gasteiger partial charge is 0.174 e. The van der Waals surface area contributed by atoms with Gasteiger partial charge >= 0.3 is 0 Å². The molecule has 82 valence electrons. The van der Waals surface area contributed by atoms with Crippen LogP contribution in [0.4, 0.5) is 8.78 Å². The molecule has 0 spiro atoms. The molecule has 0 amide bonds. The first-order chi connectivity index (χ1) is 7.47. The van der Waals surface area contributed by atoms with Gasteiger partial charge in [0.25, 0.3) is 0 Å². The van der Waals surface area contributed by atoms with Crippen LogP contribution >= 0.6 is 0 Å². The third-order valence-corrected chi connectivity index (χ3v) is 1.89. The van der Waals surface area contributed by atoms with E-state index in [2.05, 4.69) is 0 Å². The fourth-order valence-corrected chi connectivity index (χ4v) is 1.09. The number of ketones is 1. The Morgan fingerprint density at radius 1 is 1.38 bits per heavy atom. The summed E-state index contributed by atoms with van der Waals surface area (Å²) >= 11 is 0. The number of nitriles is 1. The van der Waals surface area contributed by atoms with Gasteiger partial charge in [-0.15, -0.1) is 0 Å². The maximum atomic E-state index is 12.8. The van der Waals surface area contributed by atoms with Crippen molar-refractivity contribution in [3.63, 3.8) is 0 Å². The van der Waals surface area contributed by atoms with E-state index in [0.29, 0.717) is 6.07 Å². The molecule has 0 radical (unpaired) electrons. The maximum Gasteiger partial charge on any atom is 0.174 e. The first kappa shape index (κ1) is 11.9. The highest BCUT2D eigenvalue weighted by Crippen LogP contribution is 2.18. The van der Waals surface area contributed by atoms with Gasteiger partial charge in [0.05, 0.1) is 0 Å². The van der Waals surface area contributed by atoms with Crippen molar-refractivity contribution in [2.75, 3.05) is 0 Å². The van der Waals surface area contributed by atoms with E-state index in [1.54, 1.807) is 0 Å². The number of nitrogens with zero attached hydrogens (tertiary/aromatic N) is 1. The summed E-state index contributed by atoms with van der Waals surface area (Å²) in [6.07, 6.45) is 0. The third kappa shape index (κ3) is 2.23. The van der Waals surface area contributed by atoms with Crippen molar-refractivity contribution in [1.29, 1.82) is 5.26 Å². The fourth-order valence-electron chi connectivity index (χ4n) is 1.09. The molecule has 1 aromatic carbocycles. The molecule has 0 aliphatic carbocycles. The Morgan fingerprint density at radius 2 is 2.00 bits per heavy atom. The first-order valence-electron chi connectivity index (χ1n) is 4.27. The third-order valence-electron chi connectivity index (χ3n) is 1.89. The summed E-state index contributed by atoms with van der Waals surface area (Å²) in [5.74, 6) is -3.54. The van der Waals surface area contributed by atoms with Crippen molar-refractivity contribution in [3.8, 4) is 6.07 Å². The lowest BCUT2D eigenvalue weighted by Gasteiger charge is -2.02. The Balaban J connectivity index is 3.34. The van der Waals surface area contributed by atoms with E-state index < -0.39 is 28.7 Å². The number of carbonyl (C=O) groups is 1. The number of aliphatic hydroxyl groups excluding tert-OH is 1. The van der Waals surface area contributed by atoms with Gasteiger partial charge in [-0.1, -0.05) is 0 Å². The Morgan fingerprint density at radius 3 is 2.44 bits per heavy atom. The van der Waals surface area contributed by atoms with E-state index in [-0.39, 0.29) is 5.56 Å². The molecule has 0 aromatic heterocycles. The van der Waals surface area contributed by atoms with Gasteiger partial charge in [0, 0.05) is 12.5 Å². The van der Waals surface area contributed by atoms with Crippen LogP contribution in [0, 0.1) is 23.0 Å². The maximum absolute atomic E-state index is 12.8. The number of Topliss-reactive ketones (excluding diaryl/α,β-unsaturated/α-hetero) is 1. The number of hydrogen-bond acceptors (Lipinski definition) is 3. The summed E-state index contributed by atoms with van der Waals surface area (Å²) in [6.45, 7) is 1.09. The van der Waals surface area contributed by atoms with Crippen LogP contribution in [0.3, 0.4) is 0 Å². The number of benzene rings is 1. The van der Waals surface area contributed by atoms with Crippen LogP contribution in [-0.4, -0.2) is 10.9 Å². The van der Waals surface area contributed by atoms with E-state index in [1.807, 2.05) is 0 Å². The SMILES string of the molecule is CC(=O)/C(C#N)=C(\O)c1ccc(F)c(F)c1. The molecule has 0 saturated carbocycles. The average Bonchev–Trinajstić information content (AvgIpc) is 2.22. The van der Waals surface area contributed by atoms with Gasteiger partial charge < -0.3 is 5.11 Å². The molecule has 16 heavy (non-hydrogen) atoms. The predicted octanol–water partition coefficient (Wildman–Crippen LogP) is 2.35. The molecule has 0 saturated heterocycles. The van der Waals surface area contributed by atoms with Crippen molar-refractivity contribution < 1.29 is 18.7 Å². The van der Waals surface area contributed by atoms with Crippen LogP contribution in [0.2, 0.25) is 0 Å². The van der Waals surface area contributed by atoms with E-state index in [4.69, 9.17) is 5.26 Å². The average molecular weight is 223 g/mol. The molecule has 3 nitrogen and oxygen atoms in total. The second-order valence-electron chi connectivity index (χ2n) is 3.02. The first-order valence-corrected chi connectivity index (χ1v) is 4.27. The van der Waals surface area contributed by atoms with Crippen LogP contribution in [0.25, 0.3) is 5.76 Å². The minimum absolute atomic E-state index is 0.120. The van der Waals surface area contributed by atoms with Gasteiger partial charge in [0.2, 0.25) is 0 Å². The Hall–Kier alpha value is -2.22. The van der Waals surface area contributed by atoms with Gasteiger partial charge in [-0.3, -0.25) is 4.79 Å². The largest absolute Gasteiger partial charge is 0.506 e. The van der Waals surface area contributed by atoms with Gasteiger partial charge in [0.15, 0.2) is 17.4 Å². The van der Waals surface area contributed by atoms with Gasteiger partial charge in [-0.05, 0) is 18.2 Å². The van der Waals surface area contributed by atoms with Crippen molar-refractivity contribution >= 4 is 11.5 Å². The lowest BCUT2D eigenvalue weighted by Crippen LogP contribution is -1.99. The minimum Gasteiger partial charge on any atom is -0.506 e.